The fourth-order valence-corrected chi connectivity index (χ4v) is 2.77. The largest absolute Gasteiger partial charge is 0.507 e. The number of carbonyl (C=O) groups excluding carboxylic acids is 1. The number of benzene rings is 2. The van der Waals surface area contributed by atoms with E-state index in [-0.39, 0.29) is 17.1 Å². The predicted octanol–water partition coefficient (Wildman–Crippen LogP) is 3.39. The Hall–Kier alpha value is -1.86. The molecule has 0 aliphatic carbocycles. The average molecular weight is 414 g/mol. The van der Waals surface area contributed by atoms with Gasteiger partial charge in [0.1, 0.15) is 11.5 Å². The van der Waals surface area contributed by atoms with E-state index < -0.39 is 5.91 Å². The molecular weight excluding hydrogens is 404 g/mol. The first-order valence-electron chi connectivity index (χ1n) is 5.78. The van der Waals surface area contributed by atoms with Crippen molar-refractivity contribution in [1.29, 1.82) is 0 Å². The summed E-state index contributed by atoms with van der Waals surface area (Å²) in [6.07, 6.45) is 1.42. The normalized spacial score (nSPS) is 10.8. The summed E-state index contributed by atoms with van der Waals surface area (Å²) in [5, 5.41) is 22.9. The van der Waals surface area contributed by atoms with E-state index in [4.69, 9.17) is 0 Å². The van der Waals surface area contributed by atoms with Gasteiger partial charge in [0.05, 0.1) is 20.7 Å². The summed E-state index contributed by atoms with van der Waals surface area (Å²) < 4.78 is 1.01. The number of hydrogen-bond donors (Lipinski definition) is 3. The molecule has 0 fully saturated rings. The Balaban J connectivity index is 2.10. The minimum absolute atomic E-state index is 0.0883. The highest BCUT2D eigenvalue weighted by Gasteiger charge is 2.09. The first-order chi connectivity index (χ1) is 9.99. The predicted molar refractivity (Wildman–Crippen MR) is 86.7 cm³/mol. The summed E-state index contributed by atoms with van der Waals surface area (Å²) in [4.78, 5) is 11.8. The fraction of sp³-hybridized carbons (Fsp3) is 0. The van der Waals surface area contributed by atoms with Crippen LogP contribution in [0.2, 0.25) is 0 Å². The lowest BCUT2D eigenvalue weighted by Crippen LogP contribution is -2.17. The summed E-state index contributed by atoms with van der Waals surface area (Å²) in [5.41, 5.74) is 3.13. The second-order valence-electron chi connectivity index (χ2n) is 4.05. The molecule has 5 nitrogen and oxygen atoms in total. The Morgan fingerprint density at radius 3 is 2.38 bits per heavy atom. The van der Waals surface area contributed by atoms with Gasteiger partial charge < -0.3 is 10.2 Å². The average Bonchev–Trinajstić information content (AvgIpc) is 2.45. The molecule has 0 saturated carbocycles. The lowest BCUT2D eigenvalue weighted by atomic mass is 10.2. The van der Waals surface area contributed by atoms with E-state index in [1.54, 1.807) is 24.3 Å². The smallest absolute Gasteiger partial charge is 0.275 e. The van der Waals surface area contributed by atoms with Gasteiger partial charge in [-0.15, -0.1) is 0 Å². The molecule has 0 saturated heterocycles. The molecule has 21 heavy (non-hydrogen) atoms. The lowest BCUT2D eigenvalue weighted by molar-refractivity contribution is 0.0952. The zero-order valence-electron chi connectivity index (χ0n) is 10.5. The molecule has 0 spiro atoms. The number of phenolic OH excluding ortho intramolecular Hbond substituents is 2. The maximum absolute atomic E-state index is 11.8. The van der Waals surface area contributed by atoms with Gasteiger partial charge in [-0.05, 0) is 61.7 Å². The number of halogens is 2. The summed E-state index contributed by atoms with van der Waals surface area (Å²) in [6.45, 7) is 0. The van der Waals surface area contributed by atoms with Gasteiger partial charge in [-0.2, -0.15) is 5.10 Å². The minimum Gasteiger partial charge on any atom is -0.507 e. The zero-order chi connectivity index (χ0) is 15.4. The van der Waals surface area contributed by atoms with Gasteiger partial charge in [0.2, 0.25) is 0 Å². The molecule has 0 aliphatic rings. The monoisotopic (exact) mass is 412 g/mol. The van der Waals surface area contributed by atoms with Crippen molar-refractivity contribution >= 4 is 44.0 Å². The van der Waals surface area contributed by atoms with Crippen LogP contribution in [0.1, 0.15) is 15.9 Å². The van der Waals surface area contributed by atoms with E-state index >= 15 is 0 Å². The molecule has 7 heteroatoms. The fourth-order valence-electron chi connectivity index (χ4n) is 1.55. The van der Waals surface area contributed by atoms with Gasteiger partial charge in [-0.3, -0.25) is 4.79 Å². The first kappa shape index (κ1) is 15.5. The number of carbonyl (C=O) groups is 1. The molecule has 0 unspecified atom stereocenters. The Morgan fingerprint density at radius 1 is 1.14 bits per heavy atom. The van der Waals surface area contributed by atoms with E-state index in [0.717, 1.165) is 0 Å². The number of hydrogen-bond acceptors (Lipinski definition) is 4. The molecule has 1 amide bonds. The van der Waals surface area contributed by atoms with E-state index in [2.05, 4.69) is 42.4 Å². The van der Waals surface area contributed by atoms with Gasteiger partial charge in [0.25, 0.3) is 5.91 Å². The number of aromatic hydroxyl groups is 2. The Kier molecular flexibility index (Phi) is 4.98. The SMILES string of the molecule is O=C(N/N=C\c1cc(Br)c(O)c(Br)c1)c1ccccc1O. The second-order valence-corrected chi connectivity index (χ2v) is 5.76. The van der Waals surface area contributed by atoms with Crippen molar-refractivity contribution in [2.45, 2.75) is 0 Å². The molecule has 3 N–H and O–H groups in total. The lowest BCUT2D eigenvalue weighted by Gasteiger charge is -2.03. The van der Waals surface area contributed by atoms with Crippen LogP contribution in [0.5, 0.6) is 11.5 Å². The first-order valence-corrected chi connectivity index (χ1v) is 7.37. The molecule has 0 bridgehead atoms. The van der Waals surface area contributed by atoms with E-state index in [0.29, 0.717) is 14.5 Å². The van der Waals surface area contributed by atoms with Crippen LogP contribution in [0.4, 0.5) is 0 Å². The standard InChI is InChI=1S/C14H10Br2N2O3/c15-10-5-8(6-11(16)13(10)20)7-17-18-14(21)9-3-1-2-4-12(9)19/h1-7,19-20H,(H,18,21)/b17-7-. The Labute approximate surface area is 137 Å². The maximum Gasteiger partial charge on any atom is 0.275 e. The topological polar surface area (TPSA) is 81.9 Å². The Morgan fingerprint density at radius 2 is 1.76 bits per heavy atom. The van der Waals surface area contributed by atoms with Crippen molar-refractivity contribution < 1.29 is 15.0 Å². The summed E-state index contributed by atoms with van der Waals surface area (Å²) in [6, 6.07) is 9.49. The number of amides is 1. The van der Waals surface area contributed by atoms with Gasteiger partial charge in [0, 0.05) is 0 Å². The van der Waals surface area contributed by atoms with Crippen LogP contribution in [-0.2, 0) is 0 Å². The second kappa shape index (κ2) is 6.73. The molecule has 2 aromatic rings. The molecule has 2 rings (SSSR count). The van der Waals surface area contributed by atoms with Crippen molar-refractivity contribution in [3.63, 3.8) is 0 Å². The van der Waals surface area contributed by atoms with Crippen LogP contribution in [0.15, 0.2) is 50.4 Å². The highest BCUT2D eigenvalue weighted by atomic mass is 79.9. The quantitative estimate of drug-likeness (QED) is 0.532. The van der Waals surface area contributed by atoms with Gasteiger partial charge in [-0.25, -0.2) is 5.43 Å². The molecule has 0 heterocycles. The number of rotatable bonds is 3. The number of para-hydroxylation sites is 1. The van der Waals surface area contributed by atoms with Crippen molar-refractivity contribution in [1.82, 2.24) is 5.43 Å². The van der Waals surface area contributed by atoms with Crippen molar-refractivity contribution in [3.8, 4) is 11.5 Å². The number of nitrogens with zero attached hydrogens (tertiary/aromatic N) is 1. The third kappa shape index (κ3) is 3.83. The molecular formula is C14H10Br2N2O3. The Bertz CT molecular complexity index is 694. The van der Waals surface area contributed by atoms with Crippen LogP contribution < -0.4 is 5.43 Å². The van der Waals surface area contributed by atoms with E-state index in [1.165, 1.54) is 18.3 Å². The van der Waals surface area contributed by atoms with Crippen LogP contribution >= 0.6 is 31.9 Å². The molecule has 0 atom stereocenters. The third-order valence-corrected chi connectivity index (χ3v) is 3.78. The van der Waals surface area contributed by atoms with Crippen molar-refractivity contribution in [2.24, 2.45) is 5.10 Å². The van der Waals surface area contributed by atoms with Gasteiger partial charge >= 0.3 is 0 Å². The summed E-state index contributed by atoms with van der Waals surface area (Å²) >= 11 is 6.40. The molecule has 0 aromatic heterocycles. The molecule has 108 valence electrons. The summed E-state index contributed by atoms with van der Waals surface area (Å²) in [5.74, 6) is -0.535. The van der Waals surface area contributed by atoms with Crippen molar-refractivity contribution in [3.05, 3.63) is 56.5 Å². The molecule has 2 aromatic carbocycles. The van der Waals surface area contributed by atoms with Crippen LogP contribution in [0.25, 0.3) is 0 Å². The maximum atomic E-state index is 11.8. The van der Waals surface area contributed by atoms with Crippen LogP contribution in [0.3, 0.4) is 0 Å². The molecule has 0 aliphatic heterocycles. The van der Waals surface area contributed by atoms with Crippen LogP contribution in [-0.4, -0.2) is 22.3 Å². The third-order valence-electron chi connectivity index (χ3n) is 2.57. The van der Waals surface area contributed by atoms with E-state index in [9.17, 15) is 15.0 Å². The summed E-state index contributed by atoms with van der Waals surface area (Å²) in [7, 11) is 0. The van der Waals surface area contributed by atoms with Crippen LogP contribution in [0, 0.1) is 0 Å². The van der Waals surface area contributed by atoms with Gasteiger partial charge in [-0.1, -0.05) is 12.1 Å². The van der Waals surface area contributed by atoms with E-state index in [1.807, 2.05) is 0 Å². The number of nitrogens with one attached hydrogen (secondary N) is 1. The number of hydrazone groups is 1. The highest BCUT2D eigenvalue weighted by molar-refractivity contribution is 9.11. The minimum atomic E-state index is -0.513. The van der Waals surface area contributed by atoms with Crippen molar-refractivity contribution in [2.75, 3.05) is 0 Å². The number of phenols is 2. The zero-order valence-corrected chi connectivity index (χ0v) is 13.7. The van der Waals surface area contributed by atoms with Gasteiger partial charge in [0.15, 0.2) is 0 Å². The highest BCUT2D eigenvalue weighted by Crippen LogP contribution is 2.32. The molecule has 0 radical (unpaired) electrons.